The molecule has 3 rings (SSSR count). The van der Waals surface area contributed by atoms with Gasteiger partial charge < -0.3 is 10.3 Å². The van der Waals surface area contributed by atoms with Gasteiger partial charge in [-0.05, 0) is 30.3 Å². The molecular weight excluding hydrogens is 212 g/mol. The first kappa shape index (κ1) is 9.79. The zero-order valence-corrected chi connectivity index (χ0v) is 9.30. The van der Waals surface area contributed by atoms with Gasteiger partial charge in [0.05, 0.1) is 23.9 Å². The third kappa shape index (κ3) is 1.72. The van der Waals surface area contributed by atoms with Gasteiger partial charge in [-0.25, -0.2) is 0 Å². The number of allylic oxidation sites excluding steroid dienone is 1. The number of hydrazine groups is 1. The van der Waals surface area contributed by atoms with Crippen LogP contribution in [0.5, 0.6) is 0 Å². The highest BCUT2D eigenvalue weighted by atomic mass is 15.5. The molecule has 1 aromatic carbocycles. The van der Waals surface area contributed by atoms with Crippen molar-refractivity contribution >= 4 is 5.69 Å². The number of anilines is 1. The van der Waals surface area contributed by atoms with E-state index < -0.39 is 0 Å². The van der Waals surface area contributed by atoms with Crippen LogP contribution in [-0.4, -0.2) is 18.1 Å². The molecule has 0 saturated heterocycles. The van der Waals surface area contributed by atoms with Crippen molar-refractivity contribution in [3.63, 3.8) is 0 Å². The van der Waals surface area contributed by atoms with E-state index in [2.05, 4.69) is 33.7 Å². The number of nitriles is 1. The summed E-state index contributed by atoms with van der Waals surface area (Å²) in [4.78, 5) is 2.20. The van der Waals surface area contributed by atoms with Crippen molar-refractivity contribution in [3.05, 3.63) is 54.0 Å². The molecule has 0 bridgehead atoms. The van der Waals surface area contributed by atoms with Crippen molar-refractivity contribution < 1.29 is 0 Å². The Balaban J connectivity index is 1.87. The average molecular weight is 224 g/mol. The molecule has 2 aliphatic rings. The third-order valence-electron chi connectivity index (χ3n) is 2.98. The summed E-state index contributed by atoms with van der Waals surface area (Å²) >= 11 is 0. The first-order valence-corrected chi connectivity index (χ1v) is 5.56. The van der Waals surface area contributed by atoms with Crippen LogP contribution in [0, 0.1) is 11.3 Å². The van der Waals surface area contributed by atoms with Gasteiger partial charge in [-0.1, -0.05) is 0 Å². The average Bonchev–Trinajstić information content (AvgIpc) is 2.86. The van der Waals surface area contributed by atoms with Crippen LogP contribution in [0.3, 0.4) is 0 Å². The lowest BCUT2D eigenvalue weighted by Crippen LogP contribution is -2.40. The molecule has 0 aromatic heterocycles. The Bertz CT molecular complexity index is 521. The summed E-state index contributed by atoms with van der Waals surface area (Å²) in [5.41, 5.74) is 6.15. The normalized spacial score (nSPS) is 17.2. The number of rotatable bonds is 1. The summed E-state index contributed by atoms with van der Waals surface area (Å²) in [5.74, 6) is 0. The van der Waals surface area contributed by atoms with Gasteiger partial charge in [0.2, 0.25) is 0 Å². The van der Waals surface area contributed by atoms with E-state index in [1.807, 2.05) is 30.5 Å². The van der Waals surface area contributed by atoms with E-state index in [-0.39, 0.29) is 0 Å². The molecule has 84 valence electrons. The molecule has 0 spiro atoms. The van der Waals surface area contributed by atoms with E-state index in [4.69, 9.17) is 5.26 Å². The summed E-state index contributed by atoms with van der Waals surface area (Å²) in [7, 11) is 0. The van der Waals surface area contributed by atoms with E-state index in [0.29, 0.717) is 5.56 Å². The monoisotopic (exact) mass is 224 g/mol. The minimum atomic E-state index is 0.697. The summed E-state index contributed by atoms with van der Waals surface area (Å²) in [5, 5.41) is 10.9. The van der Waals surface area contributed by atoms with Crippen LogP contribution >= 0.6 is 0 Å². The van der Waals surface area contributed by atoms with E-state index >= 15 is 0 Å². The Morgan fingerprint density at radius 2 is 2.00 bits per heavy atom. The number of nitrogens with one attached hydrogen (secondary N) is 1. The third-order valence-corrected chi connectivity index (χ3v) is 2.98. The molecule has 2 aliphatic heterocycles. The Hall–Kier alpha value is -2.41. The summed E-state index contributed by atoms with van der Waals surface area (Å²) in [6.07, 6.45) is 6.10. The van der Waals surface area contributed by atoms with Crippen LogP contribution in [0.25, 0.3) is 0 Å². The Morgan fingerprint density at radius 1 is 1.18 bits per heavy atom. The second-order valence-electron chi connectivity index (χ2n) is 4.02. The summed E-state index contributed by atoms with van der Waals surface area (Å²) < 4.78 is 0. The molecular formula is C13H12N4. The summed E-state index contributed by atoms with van der Waals surface area (Å²) in [6, 6.07) is 9.80. The fraction of sp³-hybridized carbons (Fsp3) is 0.154. The highest BCUT2D eigenvalue weighted by molar-refractivity contribution is 5.53. The zero-order valence-electron chi connectivity index (χ0n) is 9.30. The SMILES string of the molecule is N#Cc1ccc(N2C=C3C=CNN3CC2)cc1. The fourth-order valence-electron chi connectivity index (χ4n) is 2.05. The van der Waals surface area contributed by atoms with Crippen LogP contribution in [0.15, 0.2) is 48.4 Å². The van der Waals surface area contributed by atoms with Crippen molar-refractivity contribution in [1.82, 2.24) is 10.4 Å². The van der Waals surface area contributed by atoms with Gasteiger partial charge >= 0.3 is 0 Å². The molecule has 4 nitrogen and oxygen atoms in total. The first-order chi connectivity index (χ1) is 8.36. The molecule has 17 heavy (non-hydrogen) atoms. The maximum Gasteiger partial charge on any atom is 0.0991 e. The van der Waals surface area contributed by atoms with Crippen LogP contribution < -0.4 is 10.3 Å². The topological polar surface area (TPSA) is 42.3 Å². The molecule has 2 heterocycles. The molecule has 0 aliphatic carbocycles. The molecule has 0 unspecified atom stereocenters. The smallest absolute Gasteiger partial charge is 0.0991 e. The highest BCUT2D eigenvalue weighted by Gasteiger charge is 2.19. The Kier molecular flexibility index (Phi) is 2.23. The lowest BCUT2D eigenvalue weighted by atomic mass is 10.2. The van der Waals surface area contributed by atoms with Gasteiger partial charge in [-0.15, -0.1) is 0 Å². The highest BCUT2D eigenvalue weighted by Crippen LogP contribution is 2.22. The molecule has 0 atom stereocenters. The van der Waals surface area contributed by atoms with Gasteiger partial charge in [0.15, 0.2) is 0 Å². The lowest BCUT2D eigenvalue weighted by molar-refractivity contribution is 0.309. The van der Waals surface area contributed by atoms with Crippen molar-refractivity contribution in [2.24, 2.45) is 0 Å². The van der Waals surface area contributed by atoms with Gasteiger partial charge in [-0.2, -0.15) is 5.26 Å². The fourth-order valence-corrected chi connectivity index (χ4v) is 2.05. The molecule has 0 radical (unpaired) electrons. The Morgan fingerprint density at radius 3 is 2.76 bits per heavy atom. The number of benzene rings is 1. The molecule has 4 heteroatoms. The van der Waals surface area contributed by atoms with Crippen LogP contribution in [-0.2, 0) is 0 Å². The van der Waals surface area contributed by atoms with E-state index in [9.17, 15) is 0 Å². The molecule has 1 aromatic rings. The number of nitrogens with zero attached hydrogens (tertiary/aromatic N) is 3. The van der Waals surface area contributed by atoms with Gasteiger partial charge in [0.1, 0.15) is 0 Å². The molecule has 1 N–H and O–H groups in total. The van der Waals surface area contributed by atoms with Crippen LogP contribution in [0.2, 0.25) is 0 Å². The minimum Gasteiger partial charge on any atom is -0.344 e. The Labute approximate surface area is 100 Å². The lowest BCUT2D eigenvalue weighted by Gasteiger charge is -2.32. The second kappa shape index (κ2) is 3.87. The number of hydrogen-bond acceptors (Lipinski definition) is 4. The van der Waals surface area contributed by atoms with Crippen molar-refractivity contribution in [2.75, 3.05) is 18.0 Å². The first-order valence-electron chi connectivity index (χ1n) is 5.56. The van der Waals surface area contributed by atoms with Crippen molar-refractivity contribution in [1.29, 1.82) is 5.26 Å². The minimum absolute atomic E-state index is 0.697. The molecule has 0 fully saturated rings. The number of hydrogen-bond donors (Lipinski definition) is 1. The van der Waals surface area contributed by atoms with Gasteiger partial charge in [-0.3, -0.25) is 5.01 Å². The summed E-state index contributed by atoms with van der Waals surface area (Å²) in [6.45, 7) is 1.88. The molecule has 0 amide bonds. The van der Waals surface area contributed by atoms with E-state index in [0.717, 1.165) is 18.8 Å². The maximum absolute atomic E-state index is 8.76. The second-order valence-corrected chi connectivity index (χ2v) is 4.02. The number of fused-ring (bicyclic) bond motifs is 1. The molecule has 0 saturated carbocycles. The quantitative estimate of drug-likeness (QED) is 0.786. The maximum atomic E-state index is 8.76. The predicted molar refractivity (Wildman–Crippen MR) is 65.6 cm³/mol. The van der Waals surface area contributed by atoms with Crippen molar-refractivity contribution in [3.8, 4) is 6.07 Å². The standard InChI is InChI=1S/C13H12N4/c14-9-11-1-3-12(4-2-11)16-7-8-17-13(10-16)5-6-15-17/h1-6,10,15H,7-8H2. The largest absolute Gasteiger partial charge is 0.344 e. The van der Waals surface area contributed by atoms with E-state index in [1.165, 1.54) is 5.70 Å². The predicted octanol–water partition coefficient (Wildman–Crippen LogP) is 1.55. The van der Waals surface area contributed by atoms with Crippen LogP contribution in [0.1, 0.15) is 5.56 Å². The van der Waals surface area contributed by atoms with Crippen LogP contribution in [0.4, 0.5) is 5.69 Å². The van der Waals surface area contributed by atoms with Gasteiger partial charge in [0.25, 0.3) is 0 Å². The van der Waals surface area contributed by atoms with Gasteiger partial charge in [0, 0.05) is 24.6 Å². The van der Waals surface area contributed by atoms with E-state index in [1.54, 1.807) is 0 Å². The van der Waals surface area contributed by atoms with Crippen molar-refractivity contribution in [2.45, 2.75) is 0 Å². The zero-order chi connectivity index (χ0) is 11.7.